The van der Waals surface area contributed by atoms with Crippen molar-refractivity contribution in [1.82, 2.24) is 9.71 Å². The molecule has 1 unspecified atom stereocenters. The number of anilines is 1. The summed E-state index contributed by atoms with van der Waals surface area (Å²) in [5, 5.41) is 2.79. The molecule has 19 heavy (non-hydrogen) atoms. The summed E-state index contributed by atoms with van der Waals surface area (Å²) in [5.41, 5.74) is 0. The smallest absolute Gasteiger partial charge is 0.244 e. The van der Waals surface area contributed by atoms with Crippen LogP contribution in [-0.4, -0.2) is 38.0 Å². The molecule has 2 N–H and O–H groups in total. The molecule has 0 fully saturated rings. The molecule has 1 aromatic heterocycles. The molecule has 0 amide bonds. The molecule has 1 aromatic rings. The van der Waals surface area contributed by atoms with Gasteiger partial charge in [-0.2, -0.15) is 11.8 Å². The molecule has 8 heteroatoms. The summed E-state index contributed by atoms with van der Waals surface area (Å²) in [6, 6.07) is 1.42. The number of rotatable bonds is 7. The monoisotopic (exact) mass is 367 g/mol. The van der Waals surface area contributed by atoms with Crippen molar-refractivity contribution in [3.8, 4) is 0 Å². The molecular formula is C11H18BrN3O2S2. The van der Waals surface area contributed by atoms with Crippen molar-refractivity contribution < 1.29 is 8.42 Å². The van der Waals surface area contributed by atoms with Crippen LogP contribution < -0.4 is 10.0 Å². The number of hydrogen-bond acceptors (Lipinski definition) is 5. The first-order valence-electron chi connectivity index (χ1n) is 5.84. The van der Waals surface area contributed by atoms with Gasteiger partial charge < -0.3 is 5.32 Å². The minimum Gasteiger partial charge on any atom is -0.372 e. The maximum Gasteiger partial charge on any atom is 0.244 e. The molecule has 1 heterocycles. The molecule has 108 valence electrons. The average molecular weight is 368 g/mol. The van der Waals surface area contributed by atoms with E-state index in [0.717, 1.165) is 11.5 Å². The van der Waals surface area contributed by atoms with Gasteiger partial charge >= 0.3 is 0 Å². The van der Waals surface area contributed by atoms with Gasteiger partial charge in [0.25, 0.3) is 0 Å². The van der Waals surface area contributed by atoms with Crippen LogP contribution in [0.2, 0.25) is 0 Å². The van der Waals surface area contributed by atoms with Gasteiger partial charge in [-0.3, -0.25) is 0 Å². The van der Waals surface area contributed by atoms with E-state index >= 15 is 0 Å². The van der Waals surface area contributed by atoms with E-state index < -0.39 is 10.0 Å². The van der Waals surface area contributed by atoms with Crippen LogP contribution in [0.4, 0.5) is 5.82 Å². The van der Waals surface area contributed by atoms with E-state index in [0.29, 0.717) is 10.3 Å². The third-order valence-corrected chi connectivity index (χ3v) is 5.45. The van der Waals surface area contributed by atoms with Crippen molar-refractivity contribution in [1.29, 1.82) is 0 Å². The van der Waals surface area contributed by atoms with Crippen molar-refractivity contribution in [2.75, 3.05) is 23.9 Å². The highest BCUT2D eigenvalue weighted by molar-refractivity contribution is 9.10. The third-order valence-electron chi connectivity index (χ3n) is 2.27. The maximum atomic E-state index is 12.3. The molecule has 0 saturated heterocycles. The number of pyridine rings is 1. The fourth-order valence-electron chi connectivity index (χ4n) is 1.47. The number of halogens is 1. The van der Waals surface area contributed by atoms with E-state index in [1.807, 2.05) is 13.8 Å². The minimum atomic E-state index is -3.57. The molecule has 1 rings (SSSR count). The molecule has 0 aliphatic carbocycles. The van der Waals surface area contributed by atoms with Gasteiger partial charge in [0, 0.05) is 29.5 Å². The topological polar surface area (TPSA) is 71.1 Å². The van der Waals surface area contributed by atoms with Gasteiger partial charge in [-0.1, -0.05) is 6.92 Å². The molecule has 5 nitrogen and oxygen atoms in total. The molecule has 0 aliphatic rings. The summed E-state index contributed by atoms with van der Waals surface area (Å²) in [5.74, 6) is 2.05. The highest BCUT2D eigenvalue weighted by Crippen LogP contribution is 2.22. The van der Waals surface area contributed by atoms with Crippen LogP contribution in [0.1, 0.15) is 13.8 Å². The Labute approximate surface area is 127 Å². The van der Waals surface area contributed by atoms with Crippen molar-refractivity contribution in [3.63, 3.8) is 0 Å². The quantitative estimate of drug-likeness (QED) is 0.773. The first-order chi connectivity index (χ1) is 8.90. The van der Waals surface area contributed by atoms with Gasteiger partial charge in [-0.05, 0) is 34.7 Å². The van der Waals surface area contributed by atoms with E-state index in [1.54, 1.807) is 31.1 Å². The summed E-state index contributed by atoms with van der Waals surface area (Å²) in [6.45, 7) is 3.90. The Balaban J connectivity index is 2.96. The van der Waals surface area contributed by atoms with Gasteiger partial charge in [-0.25, -0.2) is 18.1 Å². The largest absolute Gasteiger partial charge is 0.372 e. The average Bonchev–Trinajstić information content (AvgIpc) is 2.35. The SMILES string of the molecule is CCSCC(C)NS(=O)(=O)c1cc(Br)cnc1NC. The molecule has 0 radical (unpaired) electrons. The molecule has 0 saturated carbocycles. The molecular weight excluding hydrogens is 350 g/mol. The van der Waals surface area contributed by atoms with Crippen LogP contribution in [0.3, 0.4) is 0 Å². The molecule has 0 bridgehead atoms. The molecule has 1 atom stereocenters. The number of nitrogens with zero attached hydrogens (tertiary/aromatic N) is 1. The minimum absolute atomic E-state index is 0.126. The molecule has 0 spiro atoms. The number of nitrogens with one attached hydrogen (secondary N) is 2. The Morgan fingerprint density at radius 1 is 1.53 bits per heavy atom. The van der Waals surface area contributed by atoms with E-state index in [4.69, 9.17) is 0 Å². The van der Waals surface area contributed by atoms with Crippen LogP contribution in [0.5, 0.6) is 0 Å². The van der Waals surface area contributed by atoms with Gasteiger partial charge in [-0.15, -0.1) is 0 Å². The van der Waals surface area contributed by atoms with Crippen LogP contribution >= 0.6 is 27.7 Å². The summed E-state index contributed by atoms with van der Waals surface area (Å²) in [6.07, 6.45) is 1.56. The lowest BCUT2D eigenvalue weighted by Crippen LogP contribution is -2.34. The van der Waals surface area contributed by atoms with Crippen LogP contribution in [0, 0.1) is 0 Å². The van der Waals surface area contributed by atoms with Crippen LogP contribution in [0.25, 0.3) is 0 Å². The first-order valence-corrected chi connectivity index (χ1v) is 9.27. The Kier molecular flexibility index (Phi) is 6.58. The predicted molar refractivity (Wildman–Crippen MR) is 84.3 cm³/mol. The summed E-state index contributed by atoms with van der Waals surface area (Å²) in [7, 11) is -1.93. The van der Waals surface area contributed by atoms with E-state index in [9.17, 15) is 8.42 Å². The lowest BCUT2D eigenvalue weighted by Gasteiger charge is -2.15. The Morgan fingerprint density at radius 2 is 2.21 bits per heavy atom. The predicted octanol–water partition coefficient (Wildman–Crippen LogP) is 2.31. The Bertz CT molecular complexity index is 523. The van der Waals surface area contributed by atoms with Crippen molar-refractivity contribution in [2.45, 2.75) is 24.8 Å². The Morgan fingerprint density at radius 3 is 2.79 bits per heavy atom. The van der Waals surface area contributed by atoms with Gasteiger partial charge in [0.2, 0.25) is 10.0 Å². The summed E-state index contributed by atoms with van der Waals surface area (Å²) >= 11 is 4.94. The van der Waals surface area contributed by atoms with E-state index in [2.05, 4.69) is 31.0 Å². The first kappa shape index (κ1) is 16.7. The second kappa shape index (κ2) is 7.47. The second-order valence-corrected chi connectivity index (χ2v) is 7.85. The molecule has 0 aromatic carbocycles. The summed E-state index contributed by atoms with van der Waals surface area (Å²) in [4.78, 5) is 4.20. The number of hydrogen-bond donors (Lipinski definition) is 2. The zero-order valence-corrected chi connectivity index (χ0v) is 14.3. The molecule has 0 aliphatic heterocycles. The normalized spacial score (nSPS) is 13.3. The zero-order chi connectivity index (χ0) is 14.5. The highest BCUT2D eigenvalue weighted by Gasteiger charge is 2.21. The fourth-order valence-corrected chi connectivity index (χ4v) is 4.16. The second-order valence-electron chi connectivity index (χ2n) is 3.93. The van der Waals surface area contributed by atoms with Gasteiger partial charge in [0.05, 0.1) is 0 Å². The van der Waals surface area contributed by atoms with Gasteiger partial charge in [0.15, 0.2) is 0 Å². The fraction of sp³-hybridized carbons (Fsp3) is 0.545. The lowest BCUT2D eigenvalue weighted by atomic mass is 10.4. The van der Waals surface area contributed by atoms with Crippen LogP contribution in [0.15, 0.2) is 21.6 Å². The summed E-state index contributed by atoms with van der Waals surface area (Å²) < 4.78 is 27.9. The Hall–Kier alpha value is -0.310. The van der Waals surface area contributed by atoms with Crippen LogP contribution in [-0.2, 0) is 10.0 Å². The van der Waals surface area contributed by atoms with Crippen molar-refractivity contribution >= 4 is 43.5 Å². The zero-order valence-electron chi connectivity index (χ0n) is 11.1. The van der Waals surface area contributed by atoms with E-state index in [1.165, 1.54) is 0 Å². The standard InChI is InChI=1S/C11H18BrN3O2S2/c1-4-18-7-8(2)15-19(16,17)10-5-9(12)6-14-11(10)13-3/h5-6,8,15H,4,7H2,1-3H3,(H,13,14). The number of aromatic nitrogens is 1. The van der Waals surface area contributed by atoms with Gasteiger partial charge in [0.1, 0.15) is 10.7 Å². The third kappa shape index (κ3) is 4.94. The highest BCUT2D eigenvalue weighted by atomic mass is 79.9. The van der Waals surface area contributed by atoms with Crippen molar-refractivity contribution in [2.24, 2.45) is 0 Å². The van der Waals surface area contributed by atoms with Crippen molar-refractivity contribution in [3.05, 3.63) is 16.7 Å². The number of sulfonamides is 1. The lowest BCUT2D eigenvalue weighted by molar-refractivity contribution is 0.571. The van der Waals surface area contributed by atoms with E-state index in [-0.39, 0.29) is 10.9 Å². The maximum absolute atomic E-state index is 12.3. The number of thioether (sulfide) groups is 1.